The molecule has 0 aromatic rings. The Morgan fingerprint density at radius 1 is 1.43 bits per heavy atom. The number of ketones is 2. The van der Waals surface area contributed by atoms with E-state index in [-0.39, 0.29) is 5.78 Å². The van der Waals surface area contributed by atoms with Gasteiger partial charge in [-0.15, -0.1) is 0 Å². The molecule has 14 heavy (non-hydrogen) atoms. The smallest absolute Gasteiger partial charge is 0.155 e. The second kappa shape index (κ2) is 5.74. The summed E-state index contributed by atoms with van der Waals surface area (Å²) >= 11 is 0. The highest BCUT2D eigenvalue weighted by Crippen LogP contribution is 2.20. The maximum absolute atomic E-state index is 11.1. The molecule has 1 aliphatic rings. The van der Waals surface area contributed by atoms with E-state index < -0.39 is 0 Å². The fourth-order valence-electron chi connectivity index (χ4n) is 1.75. The Morgan fingerprint density at radius 2 is 2.21 bits per heavy atom. The van der Waals surface area contributed by atoms with Gasteiger partial charge in [-0.3, -0.25) is 9.59 Å². The van der Waals surface area contributed by atoms with Crippen LogP contribution in [0.15, 0.2) is 11.6 Å². The molecular formula is C12H18O2. The van der Waals surface area contributed by atoms with Crippen molar-refractivity contribution >= 4 is 11.6 Å². The molecule has 0 heterocycles. The van der Waals surface area contributed by atoms with Crippen molar-refractivity contribution in [3.8, 4) is 0 Å². The summed E-state index contributed by atoms with van der Waals surface area (Å²) in [4.78, 5) is 22.1. The molecule has 0 aliphatic heterocycles. The molecular weight excluding hydrogens is 176 g/mol. The van der Waals surface area contributed by atoms with Crippen molar-refractivity contribution in [2.24, 2.45) is 0 Å². The molecule has 0 atom stereocenters. The third kappa shape index (κ3) is 3.86. The minimum Gasteiger partial charge on any atom is -0.300 e. The van der Waals surface area contributed by atoms with Crippen LogP contribution in [0.1, 0.15) is 51.9 Å². The van der Waals surface area contributed by atoms with E-state index in [9.17, 15) is 9.59 Å². The topological polar surface area (TPSA) is 34.1 Å². The molecule has 0 aromatic carbocycles. The summed E-state index contributed by atoms with van der Waals surface area (Å²) < 4.78 is 0. The summed E-state index contributed by atoms with van der Waals surface area (Å²) in [6.07, 6.45) is 7.67. The molecule has 0 aromatic heterocycles. The number of carbonyl (C=O) groups excluding carboxylic acids is 2. The summed E-state index contributed by atoms with van der Waals surface area (Å²) in [5, 5.41) is 0. The molecule has 78 valence electrons. The van der Waals surface area contributed by atoms with E-state index in [1.54, 1.807) is 6.08 Å². The van der Waals surface area contributed by atoms with Gasteiger partial charge < -0.3 is 0 Å². The Balaban J connectivity index is 2.24. The van der Waals surface area contributed by atoms with Gasteiger partial charge >= 0.3 is 0 Å². The second-order valence-electron chi connectivity index (χ2n) is 3.87. The van der Waals surface area contributed by atoms with E-state index in [1.807, 2.05) is 6.92 Å². The number of hydrogen-bond donors (Lipinski definition) is 0. The van der Waals surface area contributed by atoms with Crippen LogP contribution in [0.4, 0.5) is 0 Å². The Hall–Kier alpha value is -0.920. The van der Waals surface area contributed by atoms with Crippen LogP contribution in [-0.4, -0.2) is 11.6 Å². The molecule has 2 heteroatoms. The number of allylic oxidation sites excluding steroid dienone is 2. The van der Waals surface area contributed by atoms with Crippen LogP contribution in [0.3, 0.4) is 0 Å². The lowest BCUT2D eigenvalue weighted by molar-refractivity contribution is -0.118. The standard InChI is InChI=1S/C12H18O2/c1-2-11(13)7-3-5-10-6-4-8-12(14)9-10/h9H,2-8H2,1H3. The predicted octanol–water partition coefficient (Wildman–Crippen LogP) is 2.82. The first-order valence-corrected chi connectivity index (χ1v) is 5.46. The van der Waals surface area contributed by atoms with Gasteiger partial charge in [0.25, 0.3) is 0 Å². The first kappa shape index (κ1) is 11.2. The van der Waals surface area contributed by atoms with E-state index in [0.29, 0.717) is 25.0 Å². The molecule has 2 nitrogen and oxygen atoms in total. The normalized spacial score (nSPS) is 16.6. The molecule has 0 bridgehead atoms. The van der Waals surface area contributed by atoms with Crippen molar-refractivity contribution in [3.05, 3.63) is 11.6 Å². The number of Topliss-reactive ketones (excluding diaryl/α,β-unsaturated/α-hetero) is 1. The van der Waals surface area contributed by atoms with Crippen LogP contribution >= 0.6 is 0 Å². The zero-order valence-electron chi connectivity index (χ0n) is 8.84. The molecule has 0 saturated heterocycles. The molecule has 0 saturated carbocycles. The third-order valence-corrected chi connectivity index (χ3v) is 2.63. The number of rotatable bonds is 5. The molecule has 0 amide bonds. The second-order valence-corrected chi connectivity index (χ2v) is 3.87. The molecule has 0 radical (unpaired) electrons. The van der Waals surface area contributed by atoms with Crippen molar-refractivity contribution in [2.75, 3.05) is 0 Å². The number of carbonyl (C=O) groups is 2. The van der Waals surface area contributed by atoms with E-state index in [1.165, 1.54) is 5.57 Å². The van der Waals surface area contributed by atoms with Crippen LogP contribution < -0.4 is 0 Å². The first-order valence-electron chi connectivity index (χ1n) is 5.46. The van der Waals surface area contributed by atoms with Gasteiger partial charge in [0.2, 0.25) is 0 Å². The average molecular weight is 194 g/mol. The Bertz CT molecular complexity index is 251. The van der Waals surface area contributed by atoms with Gasteiger partial charge in [-0.1, -0.05) is 12.5 Å². The van der Waals surface area contributed by atoms with Crippen LogP contribution in [0.5, 0.6) is 0 Å². The highest BCUT2D eigenvalue weighted by molar-refractivity contribution is 5.91. The van der Waals surface area contributed by atoms with Crippen LogP contribution in [0, 0.1) is 0 Å². The van der Waals surface area contributed by atoms with Gasteiger partial charge in [-0.05, 0) is 31.8 Å². The van der Waals surface area contributed by atoms with Gasteiger partial charge in [-0.25, -0.2) is 0 Å². The fraction of sp³-hybridized carbons (Fsp3) is 0.667. The van der Waals surface area contributed by atoms with Crippen LogP contribution in [0.25, 0.3) is 0 Å². The monoisotopic (exact) mass is 194 g/mol. The highest BCUT2D eigenvalue weighted by atomic mass is 16.1. The molecule has 1 aliphatic carbocycles. The lowest BCUT2D eigenvalue weighted by atomic mass is 9.94. The van der Waals surface area contributed by atoms with Crippen molar-refractivity contribution in [3.63, 3.8) is 0 Å². The van der Waals surface area contributed by atoms with Gasteiger partial charge in [0.05, 0.1) is 0 Å². The lowest BCUT2D eigenvalue weighted by Gasteiger charge is -2.11. The molecule has 0 unspecified atom stereocenters. The summed E-state index contributed by atoms with van der Waals surface area (Å²) in [5.41, 5.74) is 1.24. The molecule has 1 rings (SSSR count). The van der Waals surface area contributed by atoms with Gasteiger partial charge in [0.1, 0.15) is 5.78 Å². The molecule has 0 spiro atoms. The van der Waals surface area contributed by atoms with Gasteiger partial charge in [-0.2, -0.15) is 0 Å². The van der Waals surface area contributed by atoms with Crippen molar-refractivity contribution in [1.29, 1.82) is 0 Å². The largest absolute Gasteiger partial charge is 0.300 e. The van der Waals surface area contributed by atoms with Crippen LogP contribution in [-0.2, 0) is 9.59 Å². The van der Waals surface area contributed by atoms with Crippen molar-refractivity contribution < 1.29 is 9.59 Å². The Morgan fingerprint density at radius 3 is 2.86 bits per heavy atom. The average Bonchev–Trinajstić information content (AvgIpc) is 2.17. The molecule has 0 fully saturated rings. The SMILES string of the molecule is CCC(=O)CCCC1=CC(=O)CCC1. The summed E-state index contributed by atoms with van der Waals surface area (Å²) in [5.74, 6) is 0.584. The maximum atomic E-state index is 11.1. The maximum Gasteiger partial charge on any atom is 0.155 e. The Kier molecular flexibility index (Phi) is 4.57. The van der Waals surface area contributed by atoms with E-state index in [2.05, 4.69) is 0 Å². The fourth-order valence-corrected chi connectivity index (χ4v) is 1.75. The highest BCUT2D eigenvalue weighted by Gasteiger charge is 2.09. The van der Waals surface area contributed by atoms with Crippen molar-refractivity contribution in [1.82, 2.24) is 0 Å². The number of hydrogen-bond acceptors (Lipinski definition) is 2. The van der Waals surface area contributed by atoms with Gasteiger partial charge in [0.15, 0.2) is 5.78 Å². The van der Waals surface area contributed by atoms with Crippen LogP contribution in [0.2, 0.25) is 0 Å². The summed E-state index contributed by atoms with van der Waals surface area (Å²) in [6.45, 7) is 1.89. The zero-order valence-corrected chi connectivity index (χ0v) is 8.84. The van der Waals surface area contributed by atoms with Gasteiger partial charge in [0, 0.05) is 19.3 Å². The summed E-state index contributed by atoms with van der Waals surface area (Å²) in [6, 6.07) is 0. The quantitative estimate of drug-likeness (QED) is 0.674. The summed E-state index contributed by atoms with van der Waals surface area (Å²) in [7, 11) is 0. The van der Waals surface area contributed by atoms with Crippen molar-refractivity contribution in [2.45, 2.75) is 51.9 Å². The van der Waals surface area contributed by atoms with E-state index in [0.717, 1.165) is 25.7 Å². The minimum atomic E-state index is 0.257. The van der Waals surface area contributed by atoms with E-state index >= 15 is 0 Å². The zero-order chi connectivity index (χ0) is 10.4. The predicted molar refractivity (Wildman–Crippen MR) is 56.1 cm³/mol. The van der Waals surface area contributed by atoms with E-state index in [4.69, 9.17) is 0 Å². The first-order chi connectivity index (χ1) is 6.72. The third-order valence-electron chi connectivity index (χ3n) is 2.63. The Labute approximate surface area is 85.4 Å². The molecule has 0 N–H and O–H groups in total. The lowest BCUT2D eigenvalue weighted by Crippen LogP contribution is -2.03. The minimum absolute atomic E-state index is 0.257.